The highest BCUT2D eigenvalue weighted by Crippen LogP contribution is 2.29. The van der Waals surface area contributed by atoms with Gasteiger partial charge in [0.1, 0.15) is 11.5 Å². The Morgan fingerprint density at radius 1 is 1.21 bits per heavy atom. The van der Waals surface area contributed by atoms with Crippen molar-refractivity contribution in [2.24, 2.45) is 0 Å². The van der Waals surface area contributed by atoms with Crippen molar-refractivity contribution < 1.29 is 9.53 Å². The van der Waals surface area contributed by atoms with E-state index in [0.29, 0.717) is 23.1 Å². The summed E-state index contributed by atoms with van der Waals surface area (Å²) in [5.41, 5.74) is 5.01. The Labute approximate surface area is 194 Å². The largest absolute Gasteiger partial charge is 0.457 e. The molecule has 0 unspecified atom stereocenters. The second kappa shape index (κ2) is 9.83. The van der Waals surface area contributed by atoms with Gasteiger partial charge in [-0.15, -0.1) is 0 Å². The van der Waals surface area contributed by atoms with E-state index in [1.54, 1.807) is 6.20 Å². The molecule has 0 radical (unpaired) electrons. The highest BCUT2D eigenvalue weighted by atomic mass is 16.5. The average Bonchev–Trinajstić information content (AvgIpc) is 2.85. The fourth-order valence-electron chi connectivity index (χ4n) is 3.87. The predicted molar refractivity (Wildman–Crippen MR) is 132 cm³/mol. The number of aromatic nitrogens is 1. The number of carbonyl (C=O) groups is 1. The lowest BCUT2D eigenvalue weighted by Gasteiger charge is -2.36. The van der Waals surface area contributed by atoms with E-state index in [2.05, 4.69) is 27.9 Å². The van der Waals surface area contributed by atoms with Gasteiger partial charge in [-0.3, -0.25) is 9.78 Å². The molecule has 1 saturated heterocycles. The standard InChI is InChI=1S/C26H29N5O2/c1-4-17-11-18(6-8-22(17)26(32)31-25-15-30-16(25)2)24-13-21(9-10-29-24)33-20-7-5-19(14-27)23(12-20)28-3/h5-14,16,25,27-28,30H,4,15H2,1-3H3,(H,31,32)/t16-,25+/m1/s1. The first-order chi connectivity index (χ1) is 16.0. The van der Waals surface area contributed by atoms with Crippen molar-refractivity contribution in [3.8, 4) is 22.8 Å². The van der Waals surface area contributed by atoms with Crippen molar-refractivity contribution in [2.75, 3.05) is 18.9 Å². The SMILES string of the molecule is CCc1cc(-c2cc(Oc3ccc(C=N)c(NC)c3)ccn2)ccc1C(=O)N[C@H]1CN[C@@H]1C. The van der Waals surface area contributed by atoms with Crippen LogP contribution in [0, 0.1) is 5.41 Å². The molecule has 2 heterocycles. The number of amides is 1. The Balaban J connectivity index is 1.55. The molecule has 0 aliphatic carbocycles. The second-order valence-electron chi connectivity index (χ2n) is 8.12. The molecule has 7 heteroatoms. The molecule has 4 rings (SSSR count). The molecule has 0 spiro atoms. The molecule has 1 aliphatic heterocycles. The van der Waals surface area contributed by atoms with Crippen molar-refractivity contribution in [2.45, 2.75) is 32.4 Å². The van der Waals surface area contributed by atoms with E-state index in [-0.39, 0.29) is 11.9 Å². The van der Waals surface area contributed by atoms with Gasteiger partial charge in [0.05, 0.1) is 11.7 Å². The van der Waals surface area contributed by atoms with Gasteiger partial charge in [0.15, 0.2) is 0 Å². The fraction of sp³-hybridized carbons (Fsp3) is 0.269. The molecule has 3 aromatic rings. The van der Waals surface area contributed by atoms with Crippen LogP contribution < -0.4 is 20.7 Å². The second-order valence-corrected chi connectivity index (χ2v) is 8.12. The maximum atomic E-state index is 12.8. The molecule has 0 bridgehead atoms. The minimum Gasteiger partial charge on any atom is -0.457 e. The molecule has 2 atom stereocenters. The maximum absolute atomic E-state index is 12.8. The van der Waals surface area contributed by atoms with Crippen molar-refractivity contribution in [1.82, 2.24) is 15.6 Å². The summed E-state index contributed by atoms with van der Waals surface area (Å²) in [6.07, 6.45) is 3.77. The number of nitrogens with zero attached hydrogens (tertiary/aromatic N) is 1. The van der Waals surface area contributed by atoms with E-state index in [9.17, 15) is 4.79 Å². The first kappa shape index (κ1) is 22.5. The highest BCUT2D eigenvalue weighted by Gasteiger charge is 2.28. The zero-order chi connectivity index (χ0) is 23.4. The normalized spacial score (nSPS) is 17.1. The molecule has 1 amide bonds. The van der Waals surface area contributed by atoms with Crippen LogP contribution in [-0.2, 0) is 6.42 Å². The summed E-state index contributed by atoms with van der Waals surface area (Å²) in [7, 11) is 1.82. The number of hydrogen-bond donors (Lipinski definition) is 4. The van der Waals surface area contributed by atoms with Gasteiger partial charge in [-0.1, -0.05) is 13.0 Å². The van der Waals surface area contributed by atoms with E-state index in [4.69, 9.17) is 10.1 Å². The molecule has 1 aromatic heterocycles. The predicted octanol–water partition coefficient (Wildman–Crippen LogP) is 4.23. The van der Waals surface area contributed by atoms with Crippen LogP contribution in [0.5, 0.6) is 11.5 Å². The van der Waals surface area contributed by atoms with Crippen LogP contribution in [0.2, 0.25) is 0 Å². The lowest BCUT2D eigenvalue weighted by molar-refractivity contribution is 0.0905. The number of aryl methyl sites for hydroxylation is 1. The Bertz CT molecular complexity index is 1180. The van der Waals surface area contributed by atoms with Crippen LogP contribution in [0.3, 0.4) is 0 Å². The minimum absolute atomic E-state index is 0.0319. The summed E-state index contributed by atoms with van der Waals surface area (Å²) in [4.78, 5) is 17.3. The Hall–Kier alpha value is -3.71. The molecule has 1 aliphatic rings. The Morgan fingerprint density at radius 2 is 2.03 bits per heavy atom. The Morgan fingerprint density at radius 3 is 2.70 bits per heavy atom. The van der Waals surface area contributed by atoms with Gasteiger partial charge in [0.25, 0.3) is 5.91 Å². The van der Waals surface area contributed by atoms with Gasteiger partial charge in [-0.25, -0.2) is 0 Å². The topological polar surface area (TPSA) is 99.1 Å². The number of ether oxygens (including phenoxy) is 1. The van der Waals surface area contributed by atoms with Crippen molar-refractivity contribution >= 4 is 17.8 Å². The summed E-state index contributed by atoms with van der Waals surface area (Å²) in [6, 6.07) is 15.6. The minimum atomic E-state index is -0.0319. The Kier molecular flexibility index (Phi) is 6.70. The van der Waals surface area contributed by atoms with Gasteiger partial charge >= 0.3 is 0 Å². The number of benzene rings is 2. The van der Waals surface area contributed by atoms with Gasteiger partial charge < -0.3 is 26.1 Å². The van der Waals surface area contributed by atoms with Gasteiger partial charge in [0, 0.05) is 66.6 Å². The molecular formula is C26H29N5O2. The van der Waals surface area contributed by atoms with Crippen LogP contribution in [-0.4, -0.2) is 42.8 Å². The lowest BCUT2D eigenvalue weighted by atomic mass is 9.97. The third-order valence-electron chi connectivity index (χ3n) is 6.02. The number of rotatable bonds is 8. The number of pyridine rings is 1. The summed E-state index contributed by atoms with van der Waals surface area (Å²) in [5, 5.41) is 16.9. The van der Waals surface area contributed by atoms with Crippen molar-refractivity contribution in [3.05, 3.63) is 71.4 Å². The van der Waals surface area contributed by atoms with Crippen molar-refractivity contribution in [3.63, 3.8) is 0 Å². The zero-order valence-electron chi connectivity index (χ0n) is 19.1. The molecular weight excluding hydrogens is 414 g/mol. The van der Waals surface area contributed by atoms with Crippen LogP contribution in [0.4, 0.5) is 5.69 Å². The third kappa shape index (κ3) is 4.88. The third-order valence-corrected chi connectivity index (χ3v) is 6.02. The van der Waals surface area contributed by atoms with Crippen LogP contribution in [0.15, 0.2) is 54.7 Å². The van der Waals surface area contributed by atoms with Crippen LogP contribution >= 0.6 is 0 Å². The summed E-state index contributed by atoms with van der Waals surface area (Å²) < 4.78 is 6.05. The van der Waals surface area contributed by atoms with E-state index in [0.717, 1.165) is 41.0 Å². The van der Waals surface area contributed by atoms with E-state index in [1.807, 2.05) is 62.5 Å². The molecule has 33 heavy (non-hydrogen) atoms. The fourth-order valence-corrected chi connectivity index (χ4v) is 3.87. The first-order valence-corrected chi connectivity index (χ1v) is 11.2. The lowest BCUT2D eigenvalue weighted by Crippen LogP contribution is -2.63. The van der Waals surface area contributed by atoms with Crippen LogP contribution in [0.25, 0.3) is 11.3 Å². The summed E-state index contributed by atoms with van der Waals surface area (Å²) >= 11 is 0. The quantitative estimate of drug-likeness (QED) is 0.391. The number of carbonyl (C=O) groups excluding carboxylic acids is 1. The van der Waals surface area contributed by atoms with E-state index >= 15 is 0 Å². The highest BCUT2D eigenvalue weighted by molar-refractivity contribution is 5.96. The van der Waals surface area contributed by atoms with Crippen LogP contribution in [0.1, 0.15) is 35.3 Å². The van der Waals surface area contributed by atoms with Crippen molar-refractivity contribution in [1.29, 1.82) is 5.41 Å². The van der Waals surface area contributed by atoms with E-state index in [1.165, 1.54) is 6.21 Å². The average molecular weight is 444 g/mol. The zero-order valence-corrected chi connectivity index (χ0v) is 19.1. The summed E-state index contributed by atoms with van der Waals surface area (Å²) in [5.74, 6) is 1.30. The van der Waals surface area contributed by atoms with Gasteiger partial charge in [0.2, 0.25) is 0 Å². The smallest absolute Gasteiger partial charge is 0.251 e. The molecule has 7 nitrogen and oxygen atoms in total. The number of anilines is 1. The monoisotopic (exact) mass is 443 g/mol. The first-order valence-electron chi connectivity index (χ1n) is 11.2. The number of nitrogens with one attached hydrogen (secondary N) is 4. The molecule has 0 saturated carbocycles. The molecule has 4 N–H and O–H groups in total. The van der Waals surface area contributed by atoms with Gasteiger partial charge in [-0.2, -0.15) is 0 Å². The summed E-state index contributed by atoms with van der Waals surface area (Å²) in [6.45, 7) is 4.93. The molecule has 2 aromatic carbocycles. The molecule has 170 valence electrons. The van der Waals surface area contributed by atoms with E-state index < -0.39 is 0 Å². The molecule has 1 fully saturated rings. The van der Waals surface area contributed by atoms with Gasteiger partial charge in [-0.05, 0) is 49.2 Å². The number of hydrogen-bond acceptors (Lipinski definition) is 6. The maximum Gasteiger partial charge on any atom is 0.251 e.